The Morgan fingerprint density at radius 2 is 1.97 bits per heavy atom. The lowest BCUT2D eigenvalue weighted by molar-refractivity contribution is 0.0902. The molecule has 0 radical (unpaired) electrons. The average Bonchev–Trinajstić information content (AvgIpc) is 3.40. The Balaban J connectivity index is 1.36. The molecule has 29 heavy (non-hydrogen) atoms. The summed E-state index contributed by atoms with van der Waals surface area (Å²) in [5.74, 6) is 0.940. The fraction of sp³-hybridized carbons (Fsp3) is 0.789. The molecule has 10 heteroatoms. The van der Waals surface area contributed by atoms with Crippen LogP contribution in [-0.2, 0) is 10.2 Å². The van der Waals surface area contributed by atoms with Gasteiger partial charge in [0.15, 0.2) is 5.69 Å². The van der Waals surface area contributed by atoms with E-state index in [0.29, 0.717) is 44.1 Å². The number of carbonyl (C=O) groups is 1. The van der Waals surface area contributed by atoms with Crippen LogP contribution < -0.4 is 10.6 Å². The Kier molecular flexibility index (Phi) is 5.71. The number of piperidine rings is 1. The van der Waals surface area contributed by atoms with Gasteiger partial charge in [0.1, 0.15) is 5.76 Å². The van der Waals surface area contributed by atoms with Crippen LogP contribution >= 0.6 is 0 Å². The Hall–Kier alpha value is -1.49. The van der Waals surface area contributed by atoms with Crippen molar-refractivity contribution in [2.45, 2.75) is 76.5 Å². The maximum Gasteiger partial charge on any atom is 0.282 e. The van der Waals surface area contributed by atoms with Gasteiger partial charge in [-0.3, -0.25) is 4.79 Å². The summed E-state index contributed by atoms with van der Waals surface area (Å²) in [5.41, 5.74) is 0.304. The molecule has 0 spiro atoms. The highest BCUT2D eigenvalue weighted by atomic mass is 32.2. The summed E-state index contributed by atoms with van der Waals surface area (Å²) in [6, 6.07) is 1.52. The zero-order chi connectivity index (χ0) is 20.8. The first-order chi connectivity index (χ1) is 13.8. The molecule has 2 aliphatic heterocycles. The molecule has 1 amide bonds. The van der Waals surface area contributed by atoms with Crippen LogP contribution in [0, 0.1) is 0 Å². The summed E-state index contributed by atoms with van der Waals surface area (Å²) in [6.45, 7) is 7.36. The second-order valence-electron chi connectivity index (χ2n) is 8.78. The largest absolute Gasteiger partial charge is 0.360 e. The van der Waals surface area contributed by atoms with Crippen molar-refractivity contribution >= 4 is 16.1 Å². The highest BCUT2D eigenvalue weighted by molar-refractivity contribution is 7.86. The van der Waals surface area contributed by atoms with Crippen molar-refractivity contribution < 1.29 is 17.7 Å². The molecule has 3 aliphatic rings. The minimum absolute atomic E-state index is 0.0753. The van der Waals surface area contributed by atoms with Gasteiger partial charge in [0.2, 0.25) is 0 Å². The molecule has 2 N–H and O–H groups in total. The van der Waals surface area contributed by atoms with E-state index < -0.39 is 10.2 Å². The molecule has 0 unspecified atom stereocenters. The van der Waals surface area contributed by atoms with Crippen molar-refractivity contribution in [1.29, 1.82) is 0 Å². The molecule has 1 saturated carbocycles. The number of rotatable bonds is 5. The number of amides is 1. The molecular formula is C19H31N5O4S. The molecule has 3 heterocycles. The number of hydrogen-bond acceptors (Lipinski definition) is 6. The molecule has 1 aliphatic carbocycles. The van der Waals surface area contributed by atoms with Crippen molar-refractivity contribution in [2.24, 2.45) is 0 Å². The van der Waals surface area contributed by atoms with Crippen LogP contribution in [0.5, 0.6) is 0 Å². The van der Waals surface area contributed by atoms with Crippen LogP contribution in [0.3, 0.4) is 0 Å². The maximum absolute atomic E-state index is 13.2. The highest BCUT2D eigenvalue weighted by Gasteiger charge is 2.41. The maximum atomic E-state index is 13.2. The van der Waals surface area contributed by atoms with Gasteiger partial charge in [0.05, 0.1) is 0 Å². The highest BCUT2D eigenvalue weighted by Crippen LogP contribution is 2.40. The van der Waals surface area contributed by atoms with Gasteiger partial charge in [0.25, 0.3) is 16.1 Å². The third kappa shape index (κ3) is 4.35. The number of piperazine rings is 1. The first-order valence-electron chi connectivity index (χ1n) is 10.5. The van der Waals surface area contributed by atoms with Crippen molar-refractivity contribution in [3.05, 3.63) is 17.5 Å². The third-order valence-corrected chi connectivity index (χ3v) is 8.43. The van der Waals surface area contributed by atoms with Gasteiger partial charge in [-0.05, 0) is 46.5 Å². The third-order valence-electron chi connectivity index (χ3n) is 6.19. The Bertz CT molecular complexity index is 853. The Morgan fingerprint density at radius 3 is 2.66 bits per heavy atom. The van der Waals surface area contributed by atoms with E-state index in [2.05, 4.69) is 15.8 Å². The molecule has 9 nitrogen and oxygen atoms in total. The molecule has 2 saturated heterocycles. The predicted molar refractivity (Wildman–Crippen MR) is 108 cm³/mol. The average molecular weight is 426 g/mol. The summed E-state index contributed by atoms with van der Waals surface area (Å²) in [5, 5.41) is 10.2. The number of hydrogen-bond donors (Lipinski definition) is 2. The summed E-state index contributed by atoms with van der Waals surface area (Å²) in [7, 11) is -3.53. The van der Waals surface area contributed by atoms with E-state index in [1.807, 2.05) is 20.8 Å². The van der Waals surface area contributed by atoms with Crippen LogP contribution in [0.4, 0.5) is 0 Å². The smallest absolute Gasteiger partial charge is 0.282 e. The van der Waals surface area contributed by atoms with Crippen molar-refractivity contribution in [3.8, 4) is 0 Å². The van der Waals surface area contributed by atoms with E-state index in [4.69, 9.17) is 4.52 Å². The van der Waals surface area contributed by atoms with Crippen molar-refractivity contribution in [1.82, 2.24) is 24.4 Å². The van der Waals surface area contributed by atoms with Gasteiger partial charge in [-0.25, -0.2) is 0 Å². The zero-order valence-electron chi connectivity index (χ0n) is 17.3. The molecule has 1 aromatic heterocycles. The molecule has 162 valence electrons. The van der Waals surface area contributed by atoms with Crippen LogP contribution in [-0.4, -0.2) is 71.9 Å². The monoisotopic (exact) mass is 425 g/mol. The molecule has 0 bridgehead atoms. The summed E-state index contributed by atoms with van der Waals surface area (Å²) in [6.07, 6.45) is 3.34. The summed E-state index contributed by atoms with van der Waals surface area (Å²) >= 11 is 0. The second kappa shape index (κ2) is 7.98. The summed E-state index contributed by atoms with van der Waals surface area (Å²) < 4.78 is 34.9. The molecule has 1 aromatic rings. The minimum atomic E-state index is -3.53. The fourth-order valence-electron chi connectivity index (χ4n) is 4.28. The van der Waals surface area contributed by atoms with Crippen LogP contribution in [0.25, 0.3) is 0 Å². The number of aromatic nitrogens is 1. The molecule has 4 atom stereocenters. The second-order valence-corrected chi connectivity index (χ2v) is 10.6. The summed E-state index contributed by atoms with van der Waals surface area (Å²) in [4.78, 5) is 12.5. The van der Waals surface area contributed by atoms with Crippen LogP contribution in [0.2, 0.25) is 0 Å². The van der Waals surface area contributed by atoms with E-state index in [9.17, 15) is 13.2 Å². The number of nitrogens with one attached hydrogen (secondary N) is 2. The van der Waals surface area contributed by atoms with Gasteiger partial charge in [-0.2, -0.15) is 17.0 Å². The quantitative estimate of drug-likeness (QED) is 0.730. The molecule has 3 fully saturated rings. The fourth-order valence-corrected chi connectivity index (χ4v) is 6.37. The minimum Gasteiger partial charge on any atom is -0.360 e. The lowest BCUT2D eigenvalue weighted by atomic mass is 10.0. The van der Waals surface area contributed by atoms with E-state index >= 15 is 0 Å². The van der Waals surface area contributed by atoms with Crippen molar-refractivity contribution in [3.63, 3.8) is 0 Å². The molecular weight excluding hydrogens is 394 g/mol. The predicted octanol–water partition coefficient (Wildman–Crippen LogP) is 1.06. The number of carbonyl (C=O) groups excluding carboxylic acids is 1. The topological polar surface area (TPSA) is 108 Å². The first-order valence-corrected chi connectivity index (χ1v) is 11.9. The van der Waals surface area contributed by atoms with Gasteiger partial charge >= 0.3 is 0 Å². The zero-order valence-corrected chi connectivity index (χ0v) is 18.1. The first kappa shape index (κ1) is 20.8. The van der Waals surface area contributed by atoms with Gasteiger partial charge < -0.3 is 15.2 Å². The Labute approximate surface area is 172 Å². The lowest BCUT2D eigenvalue weighted by Gasteiger charge is -2.43. The van der Waals surface area contributed by atoms with Gasteiger partial charge in [-0.15, -0.1) is 0 Å². The van der Waals surface area contributed by atoms with E-state index in [0.717, 1.165) is 18.6 Å². The molecule has 4 rings (SSSR count). The standard InChI is InChI=1S/C19H31N5O4S/c1-12-11-24(14(3)10-20-12)29(26,27)23-7-6-16(8-13(23)2)21-19(25)17-9-18(28-22-17)15-4-5-15/h9,12-16,20H,4-8,10-11H2,1-3H3,(H,21,25)/t12-,13-,14-,16-/m0/s1. The van der Waals surface area contributed by atoms with Crippen molar-refractivity contribution in [2.75, 3.05) is 19.6 Å². The number of nitrogens with zero attached hydrogens (tertiary/aromatic N) is 3. The normalized spacial score (nSPS) is 32.2. The van der Waals surface area contributed by atoms with E-state index in [1.54, 1.807) is 14.7 Å². The lowest BCUT2D eigenvalue weighted by Crippen LogP contribution is -2.61. The van der Waals surface area contributed by atoms with Crippen LogP contribution in [0.15, 0.2) is 10.6 Å². The van der Waals surface area contributed by atoms with Gasteiger partial charge in [-0.1, -0.05) is 5.16 Å². The van der Waals surface area contributed by atoms with Gasteiger partial charge in [0, 0.05) is 55.8 Å². The molecule has 0 aromatic carbocycles. The van der Waals surface area contributed by atoms with Crippen LogP contribution in [0.1, 0.15) is 68.6 Å². The van der Waals surface area contributed by atoms with E-state index in [-0.39, 0.29) is 30.1 Å². The Morgan fingerprint density at radius 1 is 1.21 bits per heavy atom. The van der Waals surface area contributed by atoms with E-state index in [1.165, 1.54) is 0 Å². The SMILES string of the molecule is C[C@H]1CN(S(=O)(=O)N2CC[C@H](NC(=O)c3cc(C4CC4)on3)C[C@@H]2C)[C@@H](C)CN1.